The van der Waals surface area contributed by atoms with Crippen molar-refractivity contribution in [2.75, 3.05) is 5.43 Å². The number of halogens is 1. The molecule has 0 radical (unpaired) electrons. The zero-order valence-corrected chi connectivity index (χ0v) is 13.8. The third kappa shape index (κ3) is 3.25. The van der Waals surface area contributed by atoms with Crippen LogP contribution in [0, 0.1) is 5.82 Å². The van der Waals surface area contributed by atoms with E-state index >= 15 is 0 Å². The molecule has 4 rings (SSSR count). The Kier molecular flexibility index (Phi) is 4.09. The monoisotopic (exact) mass is 364 g/mol. The van der Waals surface area contributed by atoms with Crippen molar-refractivity contribution in [3.63, 3.8) is 0 Å². The first-order valence-corrected chi connectivity index (χ1v) is 7.96. The zero-order chi connectivity index (χ0) is 18.8. The summed E-state index contributed by atoms with van der Waals surface area (Å²) in [6.07, 6.45) is 1.35. The van der Waals surface area contributed by atoms with Crippen LogP contribution in [0.5, 0.6) is 0 Å². The van der Waals surface area contributed by atoms with Gasteiger partial charge in [-0.25, -0.2) is 9.37 Å². The van der Waals surface area contributed by atoms with Gasteiger partial charge in [0, 0.05) is 5.56 Å². The second kappa shape index (κ2) is 6.71. The van der Waals surface area contributed by atoms with Crippen LogP contribution >= 0.6 is 0 Å². The Bertz CT molecular complexity index is 1180. The molecule has 1 amide bonds. The number of aromatic nitrogens is 4. The fourth-order valence-corrected chi connectivity index (χ4v) is 2.62. The van der Waals surface area contributed by atoms with Crippen molar-refractivity contribution in [2.24, 2.45) is 0 Å². The zero-order valence-electron chi connectivity index (χ0n) is 13.8. The molecule has 2 heterocycles. The number of fused-ring (bicyclic) bond motifs is 1. The van der Waals surface area contributed by atoms with Gasteiger partial charge in [-0.15, -0.1) is 0 Å². The van der Waals surface area contributed by atoms with E-state index in [9.17, 15) is 14.0 Å². The predicted octanol–water partition coefficient (Wildman–Crippen LogP) is 2.21. The van der Waals surface area contributed by atoms with Crippen molar-refractivity contribution >= 4 is 22.8 Å². The molecule has 0 bridgehead atoms. The normalized spacial score (nSPS) is 10.7. The first kappa shape index (κ1) is 16.5. The lowest BCUT2D eigenvalue weighted by atomic mass is 10.1. The number of carbonyl (C=O) groups excluding carboxylic acids is 1. The first-order valence-electron chi connectivity index (χ1n) is 7.96. The average molecular weight is 364 g/mol. The lowest BCUT2D eigenvalue weighted by molar-refractivity contribution is 0.0963. The van der Waals surface area contributed by atoms with E-state index in [0.717, 1.165) is 0 Å². The molecule has 4 N–H and O–H groups in total. The van der Waals surface area contributed by atoms with Crippen LogP contribution in [0.3, 0.4) is 0 Å². The summed E-state index contributed by atoms with van der Waals surface area (Å²) in [5.74, 6) is -0.782. The summed E-state index contributed by atoms with van der Waals surface area (Å²) >= 11 is 0. The van der Waals surface area contributed by atoms with Gasteiger partial charge in [-0.2, -0.15) is 5.10 Å². The molecule has 2 aromatic heterocycles. The summed E-state index contributed by atoms with van der Waals surface area (Å²) in [4.78, 5) is 31.3. The van der Waals surface area contributed by atoms with Crippen molar-refractivity contribution < 1.29 is 9.18 Å². The molecule has 2 aromatic carbocycles. The minimum Gasteiger partial charge on any atom is -0.291 e. The summed E-state index contributed by atoms with van der Waals surface area (Å²) in [7, 11) is 0. The molecule has 0 unspecified atom stereocenters. The van der Waals surface area contributed by atoms with Crippen LogP contribution in [0.1, 0.15) is 10.4 Å². The number of nitrogens with one attached hydrogen (secondary N) is 4. The number of carbonyl (C=O) groups is 1. The highest BCUT2D eigenvalue weighted by Crippen LogP contribution is 2.21. The van der Waals surface area contributed by atoms with E-state index in [1.165, 1.54) is 30.5 Å². The predicted molar refractivity (Wildman–Crippen MR) is 97.4 cm³/mol. The number of nitrogens with zero attached hydrogens (tertiary/aromatic N) is 2. The summed E-state index contributed by atoms with van der Waals surface area (Å²) in [5, 5.41) is 7.04. The Labute approximate surface area is 151 Å². The van der Waals surface area contributed by atoms with E-state index in [-0.39, 0.29) is 22.9 Å². The number of H-pyrrole nitrogens is 2. The van der Waals surface area contributed by atoms with Crippen LogP contribution < -0.4 is 16.4 Å². The van der Waals surface area contributed by atoms with Crippen LogP contribution in [-0.2, 0) is 0 Å². The van der Waals surface area contributed by atoms with Gasteiger partial charge in [0.15, 0.2) is 0 Å². The number of hydrogen-bond donors (Lipinski definition) is 4. The number of para-hydroxylation sites is 1. The van der Waals surface area contributed by atoms with Crippen molar-refractivity contribution in [2.45, 2.75) is 0 Å². The summed E-state index contributed by atoms with van der Waals surface area (Å²) in [6.45, 7) is 0. The van der Waals surface area contributed by atoms with Crippen LogP contribution in [-0.4, -0.2) is 26.1 Å². The maximum Gasteiger partial charge on any atom is 0.273 e. The number of amides is 1. The number of hydrazine groups is 1. The van der Waals surface area contributed by atoms with E-state index in [0.29, 0.717) is 22.2 Å². The van der Waals surface area contributed by atoms with Crippen molar-refractivity contribution in [1.82, 2.24) is 25.6 Å². The molecule has 0 aliphatic carbocycles. The Morgan fingerprint density at radius 3 is 2.67 bits per heavy atom. The largest absolute Gasteiger partial charge is 0.291 e. The smallest absolute Gasteiger partial charge is 0.273 e. The van der Waals surface area contributed by atoms with Gasteiger partial charge in [0.1, 0.15) is 5.82 Å². The second-order valence-electron chi connectivity index (χ2n) is 5.68. The van der Waals surface area contributed by atoms with Gasteiger partial charge in [-0.3, -0.25) is 30.5 Å². The highest BCUT2D eigenvalue weighted by Gasteiger charge is 2.15. The summed E-state index contributed by atoms with van der Waals surface area (Å²) in [5.41, 5.74) is 6.51. The van der Waals surface area contributed by atoms with E-state index in [1.54, 1.807) is 24.3 Å². The summed E-state index contributed by atoms with van der Waals surface area (Å²) < 4.78 is 13.1. The third-order valence-electron chi connectivity index (χ3n) is 3.92. The van der Waals surface area contributed by atoms with Gasteiger partial charge in [0.2, 0.25) is 5.95 Å². The molecular weight excluding hydrogens is 351 g/mol. The molecule has 27 heavy (non-hydrogen) atoms. The van der Waals surface area contributed by atoms with E-state index in [1.807, 2.05) is 0 Å². The molecule has 4 aromatic rings. The number of hydrogen-bond acceptors (Lipinski definition) is 5. The molecule has 0 fully saturated rings. The molecule has 0 aliphatic heterocycles. The molecule has 0 aliphatic rings. The maximum absolute atomic E-state index is 13.1. The highest BCUT2D eigenvalue weighted by molar-refractivity contribution is 6.00. The first-order chi connectivity index (χ1) is 13.1. The van der Waals surface area contributed by atoms with Crippen molar-refractivity contribution in [1.29, 1.82) is 0 Å². The SMILES string of the molecule is O=C(NNc1nc2ccccc2c(=O)[nH]1)c1cn[nH]c1-c1ccc(F)cc1. The Morgan fingerprint density at radius 1 is 1.07 bits per heavy atom. The molecular formula is C18H13FN6O2. The average Bonchev–Trinajstić information content (AvgIpc) is 3.17. The molecule has 0 saturated heterocycles. The van der Waals surface area contributed by atoms with Crippen molar-refractivity contribution in [3.8, 4) is 11.3 Å². The number of rotatable bonds is 4. The quantitative estimate of drug-likeness (QED) is 0.414. The standard InChI is InChI=1S/C18H13FN6O2/c19-11-7-5-10(6-8-11)15-13(9-20-23-15)17(27)24-25-18-21-14-4-2-1-3-12(14)16(26)22-18/h1-9H,(H,20,23)(H,24,27)(H2,21,22,25,26). The lowest BCUT2D eigenvalue weighted by Gasteiger charge is -2.08. The third-order valence-corrected chi connectivity index (χ3v) is 3.92. The Balaban J connectivity index is 1.55. The number of anilines is 1. The van der Waals surface area contributed by atoms with Crippen molar-refractivity contribution in [3.05, 3.63) is 76.5 Å². The Morgan fingerprint density at radius 2 is 1.85 bits per heavy atom. The van der Waals surface area contributed by atoms with Crippen LogP contribution in [0.4, 0.5) is 10.3 Å². The topological polar surface area (TPSA) is 116 Å². The molecule has 8 nitrogen and oxygen atoms in total. The van der Waals surface area contributed by atoms with Gasteiger partial charge in [0.25, 0.3) is 11.5 Å². The number of benzene rings is 2. The fraction of sp³-hybridized carbons (Fsp3) is 0. The van der Waals surface area contributed by atoms with Gasteiger partial charge in [0.05, 0.1) is 28.4 Å². The van der Waals surface area contributed by atoms with Crippen LogP contribution in [0.2, 0.25) is 0 Å². The van der Waals surface area contributed by atoms with Gasteiger partial charge < -0.3 is 0 Å². The molecule has 0 spiro atoms. The maximum atomic E-state index is 13.1. The molecule has 134 valence electrons. The lowest BCUT2D eigenvalue weighted by Crippen LogP contribution is -2.31. The van der Waals surface area contributed by atoms with Gasteiger partial charge in [-0.05, 0) is 36.4 Å². The Hall–Kier alpha value is -4.01. The van der Waals surface area contributed by atoms with Gasteiger partial charge >= 0.3 is 0 Å². The summed E-state index contributed by atoms with van der Waals surface area (Å²) in [6, 6.07) is 12.5. The van der Waals surface area contributed by atoms with E-state index in [2.05, 4.69) is 31.0 Å². The van der Waals surface area contributed by atoms with E-state index < -0.39 is 5.91 Å². The second-order valence-corrected chi connectivity index (χ2v) is 5.68. The minimum absolute atomic E-state index is 0.0962. The van der Waals surface area contributed by atoms with Crippen LogP contribution in [0.25, 0.3) is 22.2 Å². The van der Waals surface area contributed by atoms with E-state index in [4.69, 9.17) is 0 Å². The highest BCUT2D eigenvalue weighted by atomic mass is 19.1. The molecule has 0 saturated carbocycles. The van der Waals surface area contributed by atoms with Crippen LogP contribution in [0.15, 0.2) is 59.5 Å². The number of aromatic amines is 2. The molecule has 0 atom stereocenters. The molecule has 9 heteroatoms. The fourth-order valence-electron chi connectivity index (χ4n) is 2.62. The van der Waals surface area contributed by atoms with Gasteiger partial charge in [-0.1, -0.05) is 12.1 Å². The minimum atomic E-state index is -0.501.